The van der Waals surface area contributed by atoms with Gasteiger partial charge >= 0.3 is 5.97 Å². The number of hydrogen-bond donors (Lipinski definition) is 2. The van der Waals surface area contributed by atoms with Crippen LogP contribution in [-0.2, 0) is 9.59 Å². The van der Waals surface area contributed by atoms with Gasteiger partial charge in [-0.1, -0.05) is 0 Å². The predicted octanol–water partition coefficient (Wildman–Crippen LogP) is 2.04. The van der Waals surface area contributed by atoms with Crippen molar-refractivity contribution in [1.29, 1.82) is 0 Å². The van der Waals surface area contributed by atoms with Crippen molar-refractivity contribution in [2.24, 2.45) is 11.3 Å². The first-order chi connectivity index (χ1) is 12.1. The highest BCUT2D eigenvalue weighted by Crippen LogP contribution is 2.21. The third-order valence-corrected chi connectivity index (χ3v) is 4.60. The summed E-state index contributed by atoms with van der Waals surface area (Å²) in [6.45, 7) is 3.61. The second-order valence-electron chi connectivity index (χ2n) is 7.10. The van der Waals surface area contributed by atoms with Crippen LogP contribution in [0.15, 0.2) is 18.2 Å². The molecule has 0 aliphatic carbocycles. The topological polar surface area (TPSA) is 86.7 Å². The molecule has 0 unspecified atom stereocenters. The maximum atomic E-state index is 13.7. The number of hydrogen-bond acceptors (Lipinski definition) is 3. The second kappa shape index (κ2) is 7.80. The molecule has 0 saturated carbocycles. The number of carbonyl (C=O) groups is 3. The third kappa shape index (κ3) is 4.56. The van der Waals surface area contributed by atoms with Gasteiger partial charge in [0.1, 0.15) is 11.6 Å². The van der Waals surface area contributed by atoms with Crippen molar-refractivity contribution < 1.29 is 28.3 Å². The van der Waals surface area contributed by atoms with Crippen LogP contribution in [0.2, 0.25) is 0 Å². The molecule has 26 heavy (non-hydrogen) atoms. The molecule has 142 valence electrons. The van der Waals surface area contributed by atoms with Crippen molar-refractivity contribution in [1.82, 2.24) is 10.2 Å². The zero-order chi connectivity index (χ0) is 19.5. The molecule has 2 N–H and O–H groups in total. The van der Waals surface area contributed by atoms with Crippen molar-refractivity contribution in [3.8, 4) is 0 Å². The Hall–Kier alpha value is -2.51. The number of likely N-dealkylation sites (tertiary alicyclic amines) is 1. The lowest BCUT2D eigenvalue weighted by Gasteiger charge is -2.32. The molecule has 1 aliphatic heterocycles. The molecule has 1 fully saturated rings. The average molecular weight is 368 g/mol. The van der Waals surface area contributed by atoms with Gasteiger partial charge in [0.2, 0.25) is 5.91 Å². The summed E-state index contributed by atoms with van der Waals surface area (Å²) < 4.78 is 26.7. The molecule has 0 spiro atoms. The number of rotatable bonds is 5. The SMILES string of the molecule is CC(C)(CNC(=O)C1CCN(C(=O)c2ccc(F)cc2F)CC1)C(=O)O. The van der Waals surface area contributed by atoms with E-state index in [1.54, 1.807) is 0 Å². The first-order valence-electron chi connectivity index (χ1n) is 8.37. The fourth-order valence-corrected chi connectivity index (χ4v) is 2.71. The lowest BCUT2D eigenvalue weighted by molar-refractivity contribution is -0.147. The molecule has 1 saturated heterocycles. The Balaban J connectivity index is 1.89. The summed E-state index contributed by atoms with van der Waals surface area (Å²) in [4.78, 5) is 37.0. The van der Waals surface area contributed by atoms with Crippen LogP contribution in [0.3, 0.4) is 0 Å². The van der Waals surface area contributed by atoms with Crippen molar-refractivity contribution in [2.45, 2.75) is 26.7 Å². The number of carbonyl (C=O) groups excluding carboxylic acids is 2. The Labute approximate surface area is 150 Å². The molecule has 0 aromatic heterocycles. The van der Waals surface area contributed by atoms with Crippen LogP contribution in [0.1, 0.15) is 37.0 Å². The van der Waals surface area contributed by atoms with Crippen LogP contribution in [0.5, 0.6) is 0 Å². The van der Waals surface area contributed by atoms with Crippen molar-refractivity contribution in [3.05, 3.63) is 35.4 Å². The van der Waals surface area contributed by atoms with Crippen LogP contribution in [0.4, 0.5) is 8.78 Å². The van der Waals surface area contributed by atoms with E-state index in [-0.39, 0.29) is 37.0 Å². The highest BCUT2D eigenvalue weighted by molar-refractivity contribution is 5.94. The van der Waals surface area contributed by atoms with E-state index in [0.29, 0.717) is 18.9 Å². The fourth-order valence-electron chi connectivity index (χ4n) is 2.71. The summed E-state index contributed by atoms with van der Waals surface area (Å²) in [5.74, 6) is -3.78. The zero-order valence-corrected chi connectivity index (χ0v) is 14.7. The number of benzene rings is 1. The van der Waals surface area contributed by atoms with Gasteiger partial charge in [0, 0.05) is 31.6 Å². The Bertz CT molecular complexity index is 713. The van der Waals surface area contributed by atoms with E-state index >= 15 is 0 Å². The minimum Gasteiger partial charge on any atom is -0.481 e. The van der Waals surface area contributed by atoms with Crippen molar-refractivity contribution in [3.63, 3.8) is 0 Å². The number of nitrogens with one attached hydrogen (secondary N) is 1. The van der Waals surface area contributed by atoms with Crippen LogP contribution in [-0.4, -0.2) is 47.4 Å². The molecule has 0 bridgehead atoms. The summed E-state index contributed by atoms with van der Waals surface area (Å²) in [7, 11) is 0. The lowest BCUT2D eigenvalue weighted by atomic mass is 9.92. The minimum absolute atomic E-state index is 0.0150. The largest absolute Gasteiger partial charge is 0.481 e. The van der Waals surface area contributed by atoms with Gasteiger partial charge in [-0.05, 0) is 38.8 Å². The number of nitrogens with zero attached hydrogens (tertiary/aromatic N) is 1. The number of piperidine rings is 1. The summed E-state index contributed by atoms with van der Waals surface area (Å²) in [5, 5.41) is 11.7. The van der Waals surface area contributed by atoms with Gasteiger partial charge in [0.05, 0.1) is 11.0 Å². The number of aliphatic carboxylic acids is 1. The first kappa shape index (κ1) is 19.8. The number of amides is 2. The maximum absolute atomic E-state index is 13.7. The smallest absolute Gasteiger partial charge is 0.310 e. The van der Waals surface area contributed by atoms with Crippen LogP contribution in [0.25, 0.3) is 0 Å². The molecule has 1 aromatic carbocycles. The monoisotopic (exact) mass is 368 g/mol. The van der Waals surface area contributed by atoms with E-state index in [1.807, 2.05) is 0 Å². The standard InChI is InChI=1S/C18H22F2N2O4/c1-18(2,17(25)26)10-21-15(23)11-5-7-22(8-6-11)16(24)13-4-3-12(19)9-14(13)20/h3-4,9,11H,5-8,10H2,1-2H3,(H,21,23)(H,25,26). The predicted molar refractivity (Wildman–Crippen MR) is 89.4 cm³/mol. The number of carboxylic acid groups (broad SMARTS) is 1. The molecular weight excluding hydrogens is 346 g/mol. The van der Waals surface area contributed by atoms with Crippen LogP contribution >= 0.6 is 0 Å². The van der Waals surface area contributed by atoms with E-state index in [0.717, 1.165) is 12.1 Å². The van der Waals surface area contributed by atoms with Gasteiger partial charge in [0.25, 0.3) is 5.91 Å². The van der Waals surface area contributed by atoms with E-state index in [4.69, 9.17) is 5.11 Å². The van der Waals surface area contributed by atoms with Crippen LogP contribution in [0, 0.1) is 23.0 Å². The quantitative estimate of drug-likeness (QED) is 0.833. The fraction of sp³-hybridized carbons (Fsp3) is 0.500. The molecule has 1 aliphatic rings. The minimum atomic E-state index is -1.06. The normalized spacial score (nSPS) is 15.6. The third-order valence-electron chi connectivity index (χ3n) is 4.60. The summed E-state index contributed by atoms with van der Waals surface area (Å²) >= 11 is 0. The highest BCUT2D eigenvalue weighted by atomic mass is 19.1. The Kier molecular flexibility index (Phi) is 5.94. The van der Waals surface area contributed by atoms with E-state index in [1.165, 1.54) is 18.7 Å². The Morgan fingerprint density at radius 3 is 2.38 bits per heavy atom. The van der Waals surface area contributed by atoms with Gasteiger partial charge in [-0.15, -0.1) is 0 Å². The Morgan fingerprint density at radius 1 is 1.23 bits per heavy atom. The van der Waals surface area contributed by atoms with E-state index in [9.17, 15) is 23.2 Å². The van der Waals surface area contributed by atoms with Gasteiger partial charge in [-0.3, -0.25) is 14.4 Å². The molecule has 6 nitrogen and oxygen atoms in total. The van der Waals surface area contributed by atoms with E-state index < -0.39 is 28.9 Å². The molecule has 0 atom stereocenters. The Morgan fingerprint density at radius 2 is 1.85 bits per heavy atom. The van der Waals surface area contributed by atoms with Gasteiger partial charge < -0.3 is 15.3 Å². The van der Waals surface area contributed by atoms with Crippen molar-refractivity contribution >= 4 is 17.8 Å². The first-order valence-corrected chi connectivity index (χ1v) is 8.37. The molecule has 1 heterocycles. The molecular formula is C18H22F2N2O4. The molecule has 2 amide bonds. The molecule has 0 radical (unpaired) electrons. The lowest BCUT2D eigenvalue weighted by Crippen LogP contribution is -2.45. The zero-order valence-electron chi connectivity index (χ0n) is 14.7. The average Bonchev–Trinajstić information content (AvgIpc) is 2.59. The molecule has 1 aromatic rings. The molecule has 2 rings (SSSR count). The van der Waals surface area contributed by atoms with Gasteiger partial charge in [-0.25, -0.2) is 8.78 Å². The van der Waals surface area contributed by atoms with Gasteiger partial charge in [-0.2, -0.15) is 0 Å². The summed E-state index contributed by atoms with van der Waals surface area (Å²) in [6.07, 6.45) is 0.793. The second-order valence-corrected chi connectivity index (χ2v) is 7.10. The molecule has 8 heteroatoms. The van der Waals surface area contributed by atoms with E-state index in [2.05, 4.69) is 5.32 Å². The number of carboxylic acids is 1. The van der Waals surface area contributed by atoms with Crippen LogP contribution < -0.4 is 5.32 Å². The maximum Gasteiger partial charge on any atom is 0.310 e. The highest BCUT2D eigenvalue weighted by Gasteiger charge is 2.32. The summed E-state index contributed by atoms with van der Waals surface area (Å²) in [6, 6.07) is 2.80. The number of halogens is 2. The van der Waals surface area contributed by atoms with Crippen molar-refractivity contribution in [2.75, 3.05) is 19.6 Å². The van der Waals surface area contributed by atoms with Gasteiger partial charge in [0.15, 0.2) is 0 Å². The summed E-state index contributed by atoms with van der Waals surface area (Å²) in [5.41, 5.74) is -1.26.